The van der Waals surface area contributed by atoms with Crippen molar-refractivity contribution in [3.05, 3.63) is 70.5 Å². The van der Waals surface area contributed by atoms with Gasteiger partial charge in [-0.05, 0) is 54.5 Å². The minimum absolute atomic E-state index is 0.130. The number of oxazole rings is 1. The Morgan fingerprint density at radius 3 is 2.77 bits per heavy atom. The number of aromatic nitrogens is 2. The molecule has 1 saturated heterocycles. The summed E-state index contributed by atoms with van der Waals surface area (Å²) in [5, 5.41) is 17.6. The van der Waals surface area contributed by atoms with Crippen LogP contribution in [0.3, 0.4) is 0 Å². The highest BCUT2D eigenvalue weighted by atomic mass is 35.5. The van der Waals surface area contributed by atoms with Gasteiger partial charge in [0.25, 0.3) is 5.91 Å². The third kappa shape index (κ3) is 8.49. The molecule has 2 aliphatic rings. The van der Waals surface area contributed by atoms with Crippen LogP contribution in [0.1, 0.15) is 60.4 Å². The molecule has 2 amide bonds. The van der Waals surface area contributed by atoms with Gasteiger partial charge >= 0.3 is 0 Å². The highest BCUT2D eigenvalue weighted by Crippen LogP contribution is 2.34. The standard InChI is InChI=1S/C32H41ClN6O5/c1-21(2)13-30(41)39-11-6-24(7-12-39)37-29-14-22(5-9-35-29)32(42)36-15-25(40)18-38-10-8-27-23(17-38)3-4-28(31(27)33)43-19-26-16-34-20-44-26/h3-5,9,14,16,20-21,24-25,40H,6-8,10-13,15,17-19H2,1-2H3,(H,35,37)(H,36,42). The number of fused-ring (bicyclic) bond motifs is 1. The van der Waals surface area contributed by atoms with Crippen LogP contribution >= 0.6 is 11.6 Å². The van der Waals surface area contributed by atoms with Gasteiger partial charge < -0.3 is 29.8 Å². The molecule has 11 nitrogen and oxygen atoms in total. The number of halogens is 1. The van der Waals surface area contributed by atoms with Gasteiger partial charge in [-0.15, -0.1) is 0 Å². The van der Waals surface area contributed by atoms with Gasteiger partial charge in [0.05, 0.1) is 17.3 Å². The van der Waals surface area contributed by atoms with Gasteiger partial charge in [-0.3, -0.25) is 14.5 Å². The number of nitrogens with zero attached hydrogens (tertiary/aromatic N) is 4. The van der Waals surface area contributed by atoms with E-state index in [0.29, 0.717) is 53.3 Å². The van der Waals surface area contributed by atoms with Crippen molar-refractivity contribution >= 4 is 29.2 Å². The zero-order chi connectivity index (χ0) is 31.1. The molecule has 0 aliphatic carbocycles. The monoisotopic (exact) mass is 624 g/mol. The number of carbonyl (C=O) groups excluding carboxylic acids is 2. The second-order valence-corrected chi connectivity index (χ2v) is 12.3. The Morgan fingerprint density at radius 1 is 1.20 bits per heavy atom. The van der Waals surface area contributed by atoms with Crippen molar-refractivity contribution in [2.75, 3.05) is 38.0 Å². The zero-order valence-corrected chi connectivity index (χ0v) is 26.1. The number of hydrogen-bond acceptors (Lipinski definition) is 9. The number of anilines is 1. The first-order chi connectivity index (χ1) is 21.2. The van der Waals surface area contributed by atoms with Gasteiger partial charge in [-0.2, -0.15) is 0 Å². The van der Waals surface area contributed by atoms with Gasteiger partial charge in [-0.1, -0.05) is 31.5 Å². The minimum Gasteiger partial charge on any atom is -0.484 e. The van der Waals surface area contributed by atoms with Crippen molar-refractivity contribution in [2.45, 2.75) is 64.8 Å². The van der Waals surface area contributed by atoms with E-state index in [4.69, 9.17) is 20.8 Å². The molecule has 1 fully saturated rings. The Hall–Kier alpha value is -3.67. The van der Waals surface area contributed by atoms with Crippen molar-refractivity contribution in [3.63, 3.8) is 0 Å². The molecule has 5 rings (SSSR count). The molecule has 0 radical (unpaired) electrons. The fraction of sp³-hybridized carbons (Fsp3) is 0.500. The Balaban J connectivity index is 1.05. The number of piperidine rings is 1. The van der Waals surface area contributed by atoms with Crippen LogP contribution in [-0.2, 0) is 24.4 Å². The van der Waals surface area contributed by atoms with Crippen LogP contribution in [0.2, 0.25) is 5.02 Å². The molecule has 236 valence electrons. The van der Waals surface area contributed by atoms with E-state index in [1.54, 1.807) is 24.5 Å². The summed E-state index contributed by atoms with van der Waals surface area (Å²) in [5.74, 6) is 2.15. The lowest BCUT2D eigenvalue weighted by Crippen LogP contribution is -2.43. The molecule has 12 heteroatoms. The molecule has 3 aromatic rings. The number of likely N-dealkylation sites (tertiary alicyclic amines) is 1. The maximum atomic E-state index is 12.9. The molecule has 44 heavy (non-hydrogen) atoms. The van der Waals surface area contributed by atoms with Gasteiger partial charge in [-0.25, -0.2) is 9.97 Å². The molecule has 1 unspecified atom stereocenters. The van der Waals surface area contributed by atoms with Crippen molar-refractivity contribution in [1.29, 1.82) is 0 Å². The molecular formula is C32H41ClN6O5. The summed E-state index contributed by atoms with van der Waals surface area (Å²) in [6, 6.07) is 7.44. The van der Waals surface area contributed by atoms with Crippen molar-refractivity contribution < 1.29 is 23.8 Å². The number of aliphatic hydroxyl groups is 1. The molecule has 0 saturated carbocycles. The number of hydrogen-bond donors (Lipinski definition) is 3. The number of benzene rings is 1. The molecule has 2 aliphatic heterocycles. The topological polar surface area (TPSA) is 133 Å². The van der Waals surface area contributed by atoms with E-state index in [1.165, 1.54) is 6.39 Å². The number of pyridine rings is 1. The Morgan fingerprint density at radius 2 is 2.02 bits per heavy atom. The predicted molar refractivity (Wildman–Crippen MR) is 167 cm³/mol. The summed E-state index contributed by atoms with van der Waals surface area (Å²) < 4.78 is 11.0. The maximum Gasteiger partial charge on any atom is 0.251 e. The van der Waals surface area contributed by atoms with Crippen molar-refractivity contribution in [2.24, 2.45) is 5.92 Å². The molecule has 0 bridgehead atoms. The number of carbonyl (C=O) groups is 2. The fourth-order valence-electron chi connectivity index (χ4n) is 5.66. The number of nitrogens with one attached hydrogen (secondary N) is 2. The van der Waals surface area contributed by atoms with E-state index in [-0.39, 0.29) is 31.0 Å². The van der Waals surface area contributed by atoms with Crippen LogP contribution in [0.4, 0.5) is 5.82 Å². The number of β-amino-alcohol motifs (C(OH)–C–C–N with tert-alkyl or cyclic N) is 1. The lowest BCUT2D eigenvalue weighted by molar-refractivity contribution is -0.132. The molecule has 3 N–H and O–H groups in total. The Kier molecular flexibility index (Phi) is 10.7. The van der Waals surface area contributed by atoms with Gasteiger partial charge in [0.2, 0.25) is 5.91 Å². The summed E-state index contributed by atoms with van der Waals surface area (Å²) >= 11 is 6.65. The van der Waals surface area contributed by atoms with Gasteiger partial charge in [0.1, 0.15) is 18.2 Å². The quantitative estimate of drug-likeness (QED) is 0.274. The largest absolute Gasteiger partial charge is 0.484 e. The number of ether oxygens (including phenoxy) is 1. The van der Waals surface area contributed by atoms with E-state index in [0.717, 1.165) is 50.0 Å². The van der Waals surface area contributed by atoms with Crippen LogP contribution < -0.4 is 15.4 Å². The first-order valence-electron chi connectivity index (χ1n) is 15.2. The van der Waals surface area contributed by atoms with E-state index in [9.17, 15) is 14.7 Å². The Labute approximate surface area is 262 Å². The third-order valence-corrected chi connectivity index (χ3v) is 8.42. The van der Waals surface area contributed by atoms with E-state index < -0.39 is 6.10 Å². The number of amides is 2. The van der Waals surface area contributed by atoms with Gasteiger partial charge in [0, 0.05) is 63.5 Å². The highest BCUT2D eigenvalue weighted by Gasteiger charge is 2.25. The molecule has 2 aromatic heterocycles. The number of aliphatic hydroxyl groups excluding tert-OH is 1. The van der Waals surface area contributed by atoms with E-state index in [2.05, 4.69) is 39.3 Å². The van der Waals surface area contributed by atoms with Crippen molar-refractivity contribution in [1.82, 2.24) is 25.1 Å². The van der Waals surface area contributed by atoms with E-state index >= 15 is 0 Å². The predicted octanol–water partition coefficient (Wildman–Crippen LogP) is 3.90. The second kappa shape index (κ2) is 14.9. The first-order valence-corrected chi connectivity index (χ1v) is 15.6. The van der Waals surface area contributed by atoms with Crippen LogP contribution in [0.5, 0.6) is 5.75 Å². The summed E-state index contributed by atoms with van der Waals surface area (Å²) in [7, 11) is 0. The smallest absolute Gasteiger partial charge is 0.251 e. The zero-order valence-electron chi connectivity index (χ0n) is 25.3. The Bertz CT molecular complexity index is 1410. The molecule has 0 spiro atoms. The first kappa shape index (κ1) is 31.7. The number of rotatable bonds is 12. The summed E-state index contributed by atoms with van der Waals surface area (Å²) in [6.45, 7) is 7.73. The average molecular weight is 625 g/mol. The van der Waals surface area contributed by atoms with Crippen LogP contribution in [-0.4, -0.2) is 81.6 Å². The van der Waals surface area contributed by atoms with Crippen LogP contribution in [0.25, 0.3) is 0 Å². The molecular weight excluding hydrogens is 584 g/mol. The minimum atomic E-state index is -0.733. The maximum absolute atomic E-state index is 12.9. The SMILES string of the molecule is CC(C)CC(=O)N1CCC(Nc2cc(C(=O)NCC(O)CN3CCc4c(ccc(OCc5cnco5)c4Cl)C3)ccn2)CC1. The van der Waals surface area contributed by atoms with Gasteiger partial charge in [0.15, 0.2) is 12.2 Å². The fourth-order valence-corrected chi connectivity index (χ4v) is 6.00. The molecule has 1 atom stereocenters. The summed E-state index contributed by atoms with van der Waals surface area (Å²) in [6.07, 6.45) is 6.82. The summed E-state index contributed by atoms with van der Waals surface area (Å²) in [5.41, 5.74) is 2.62. The summed E-state index contributed by atoms with van der Waals surface area (Å²) in [4.78, 5) is 37.6. The lowest BCUT2D eigenvalue weighted by Gasteiger charge is -2.33. The third-order valence-electron chi connectivity index (χ3n) is 8.00. The average Bonchev–Trinajstić information content (AvgIpc) is 3.53. The normalized spacial score (nSPS) is 16.4. The highest BCUT2D eigenvalue weighted by molar-refractivity contribution is 6.33. The lowest BCUT2D eigenvalue weighted by atomic mass is 9.99. The molecule has 4 heterocycles. The van der Waals surface area contributed by atoms with Crippen molar-refractivity contribution in [3.8, 4) is 5.75 Å². The molecule has 1 aromatic carbocycles. The van der Waals surface area contributed by atoms with E-state index in [1.807, 2.05) is 17.0 Å². The second-order valence-electron chi connectivity index (χ2n) is 11.9. The van der Waals surface area contributed by atoms with Crippen LogP contribution in [0, 0.1) is 5.92 Å². The van der Waals surface area contributed by atoms with Crippen LogP contribution in [0.15, 0.2) is 47.5 Å².